The van der Waals surface area contributed by atoms with Gasteiger partial charge in [-0.15, -0.1) is 0 Å². The van der Waals surface area contributed by atoms with Gasteiger partial charge >= 0.3 is 0 Å². The maximum Gasteiger partial charge on any atom is 0.0195 e. The van der Waals surface area contributed by atoms with Crippen LogP contribution in [0.3, 0.4) is 0 Å². The van der Waals surface area contributed by atoms with E-state index < -0.39 is 0 Å². The maximum absolute atomic E-state index is 5.76. The highest BCUT2D eigenvalue weighted by atomic mass is 15.3. The summed E-state index contributed by atoms with van der Waals surface area (Å²) in [5.41, 5.74) is 6.08. The van der Waals surface area contributed by atoms with Crippen molar-refractivity contribution >= 4 is 0 Å². The standard InChI is InChI=1S/C14H31N3/c1-5-17-10-9-16(11-13(17)2)8-6-7-14(3,4)12-15/h13H,5-12,15H2,1-4H3. The van der Waals surface area contributed by atoms with E-state index in [0.717, 1.165) is 12.6 Å². The predicted octanol–water partition coefficient (Wildman–Crippen LogP) is 1.78. The fourth-order valence-electron chi connectivity index (χ4n) is 2.63. The number of hydrogen-bond acceptors (Lipinski definition) is 3. The minimum absolute atomic E-state index is 0.316. The summed E-state index contributed by atoms with van der Waals surface area (Å²) < 4.78 is 0. The first-order chi connectivity index (χ1) is 7.98. The number of rotatable bonds is 6. The Morgan fingerprint density at radius 2 is 2.00 bits per heavy atom. The number of piperazine rings is 1. The first-order valence-electron chi connectivity index (χ1n) is 7.15. The molecule has 0 aromatic carbocycles. The van der Waals surface area contributed by atoms with E-state index >= 15 is 0 Å². The van der Waals surface area contributed by atoms with E-state index in [1.807, 2.05) is 0 Å². The summed E-state index contributed by atoms with van der Waals surface area (Å²) in [5.74, 6) is 0. The molecule has 1 saturated heterocycles. The van der Waals surface area contributed by atoms with Crippen LogP contribution in [0.1, 0.15) is 40.5 Å². The van der Waals surface area contributed by atoms with Gasteiger partial charge < -0.3 is 10.6 Å². The van der Waals surface area contributed by atoms with Crippen molar-refractivity contribution in [3.05, 3.63) is 0 Å². The van der Waals surface area contributed by atoms with Crippen molar-refractivity contribution in [2.45, 2.75) is 46.6 Å². The van der Waals surface area contributed by atoms with E-state index in [2.05, 4.69) is 37.5 Å². The molecule has 0 aliphatic carbocycles. The van der Waals surface area contributed by atoms with Crippen molar-refractivity contribution in [2.75, 3.05) is 39.3 Å². The highest BCUT2D eigenvalue weighted by Crippen LogP contribution is 2.20. The van der Waals surface area contributed by atoms with Crippen molar-refractivity contribution in [1.82, 2.24) is 9.80 Å². The zero-order chi connectivity index (χ0) is 12.9. The van der Waals surface area contributed by atoms with Gasteiger partial charge in [0.25, 0.3) is 0 Å². The largest absolute Gasteiger partial charge is 0.330 e. The van der Waals surface area contributed by atoms with Gasteiger partial charge in [0, 0.05) is 25.7 Å². The van der Waals surface area contributed by atoms with Gasteiger partial charge in [-0.25, -0.2) is 0 Å². The molecule has 1 unspecified atom stereocenters. The lowest BCUT2D eigenvalue weighted by Crippen LogP contribution is -2.51. The normalized spacial score (nSPS) is 24.2. The molecule has 0 bridgehead atoms. The molecular formula is C14H31N3. The van der Waals surface area contributed by atoms with Crippen LogP contribution in [0.2, 0.25) is 0 Å². The molecule has 3 heteroatoms. The zero-order valence-electron chi connectivity index (χ0n) is 12.2. The molecule has 1 fully saturated rings. The molecule has 1 heterocycles. The Balaban J connectivity index is 2.21. The van der Waals surface area contributed by atoms with E-state index in [1.54, 1.807) is 0 Å². The second kappa shape index (κ2) is 6.72. The van der Waals surface area contributed by atoms with Crippen LogP contribution in [-0.2, 0) is 0 Å². The molecule has 17 heavy (non-hydrogen) atoms. The zero-order valence-corrected chi connectivity index (χ0v) is 12.2. The van der Waals surface area contributed by atoms with Crippen LogP contribution in [0.5, 0.6) is 0 Å². The number of nitrogens with two attached hydrogens (primary N) is 1. The van der Waals surface area contributed by atoms with Crippen LogP contribution in [0, 0.1) is 5.41 Å². The fraction of sp³-hybridized carbons (Fsp3) is 1.00. The van der Waals surface area contributed by atoms with Crippen molar-refractivity contribution in [3.8, 4) is 0 Å². The molecule has 0 spiro atoms. The Labute approximate surface area is 107 Å². The minimum Gasteiger partial charge on any atom is -0.330 e. The molecule has 2 N–H and O–H groups in total. The van der Waals surface area contributed by atoms with Gasteiger partial charge in [0.15, 0.2) is 0 Å². The third-order valence-electron chi connectivity index (χ3n) is 4.14. The highest BCUT2D eigenvalue weighted by molar-refractivity contribution is 4.79. The van der Waals surface area contributed by atoms with Crippen molar-refractivity contribution in [1.29, 1.82) is 0 Å². The van der Waals surface area contributed by atoms with Gasteiger partial charge in [-0.1, -0.05) is 20.8 Å². The highest BCUT2D eigenvalue weighted by Gasteiger charge is 2.22. The lowest BCUT2D eigenvalue weighted by Gasteiger charge is -2.39. The summed E-state index contributed by atoms with van der Waals surface area (Å²) in [4.78, 5) is 5.18. The predicted molar refractivity (Wildman–Crippen MR) is 75.2 cm³/mol. The fourth-order valence-corrected chi connectivity index (χ4v) is 2.63. The molecule has 0 aromatic heterocycles. The lowest BCUT2D eigenvalue weighted by molar-refractivity contribution is 0.0848. The Morgan fingerprint density at radius 3 is 2.53 bits per heavy atom. The summed E-state index contributed by atoms with van der Waals surface area (Å²) in [7, 11) is 0. The second-order valence-electron chi connectivity index (χ2n) is 6.25. The first kappa shape index (κ1) is 14.9. The molecular weight excluding hydrogens is 210 g/mol. The summed E-state index contributed by atoms with van der Waals surface area (Å²) in [6.07, 6.45) is 2.52. The van der Waals surface area contributed by atoms with E-state index in [4.69, 9.17) is 5.73 Å². The van der Waals surface area contributed by atoms with Crippen LogP contribution in [-0.4, -0.2) is 55.1 Å². The van der Waals surface area contributed by atoms with Crippen LogP contribution in [0.25, 0.3) is 0 Å². The molecule has 0 radical (unpaired) electrons. The topological polar surface area (TPSA) is 32.5 Å². The van der Waals surface area contributed by atoms with Gasteiger partial charge in [-0.05, 0) is 44.8 Å². The van der Waals surface area contributed by atoms with Crippen LogP contribution >= 0.6 is 0 Å². The minimum atomic E-state index is 0.316. The monoisotopic (exact) mass is 241 g/mol. The average Bonchev–Trinajstić information content (AvgIpc) is 2.29. The molecule has 3 nitrogen and oxygen atoms in total. The summed E-state index contributed by atoms with van der Waals surface area (Å²) >= 11 is 0. The molecule has 1 aliphatic rings. The van der Waals surface area contributed by atoms with E-state index in [0.29, 0.717) is 5.41 Å². The van der Waals surface area contributed by atoms with Crippen LogP contribution in [0.15, 0.2) is 0 Å². The van der Waals surface area contributed by atoms with Crippen LogP contribution in [0.4, 0.5) is 0 Å². The Bertz CT molecular complexity index is 216. The Morgan fingerprint density at radius 1 is 1.29 bits per heavy atom. The van der Waals surface area contributed by atoms with Gasteiger partial charge in [0.1, 0.15) is 0 Å². The van der Waals surface area contributed by atoms with E-state index in [1.165, 1.54) is 45.6 Å². The van der Waals surface area contributed by atoms with Crippen LogP contribution < -0.4 is 5.73 Å². The number of likely N-dealkylation sites (N-methyl/N-ethyl adjacent to an activating group) is 1. The molecule has 0 saturated carbocycles. The lowest BCUT2D eigenvalue weighted by atomic mass is 9.88. The maximum atomic E-state index is 5.76. The van der Waals surface area contributed by atoms with Crippen molar-refractivity contribution in [2.24, 2.45) is 11.1 Å². The van der Waals surface area contributed by atoms with Gasteiger partial charge in [0.05, 0.1) is 0 Å². The molecule has 1 rings (SSSR count). The van der Waals surface area contributed by atoms with E-state index in [9.17, 15) is 0 Å². The van der Waals surface area contributed by atoms with Gasteiger partial charge in [-0.3, -0.25) is 4.90 Å². The quantitative estimate of drug-likeness (QED) is 0.769. The Hall–Kier alpha value is -0.120. The van der Waals surface area contributed by atoms with Crippen molar-refractivity contribution in [3.63, 3.8) is 0 Å². The van der Waals surface area contributed by atoms with Gasteiger partial charge in [-0.2, -0.15) is 0 Å². The second-order valence-corrected chi connectivity index (χ2v) is 6.25. The SMILES string of the molecule is CCN1CCN(CCCC(C)(C)CN)CC1C. The smallest absolute Gasteiger partial charge is 0.0195 e. The molecule has 0 amide bonds. The number of hydrogen-bond donors (Lipinski definition) is 1. The summed E-state index contributed by atoms with van der Waals surface area (Å²) in [5, 5.41) is 0. The summed E-state index contributed by atoms with van der Waals surface area (Å²) in [6.45, 7) is 16.1. The molecule has 0 aromatic rings. The Kier molecular flexibility index (Phi) is 5.90. The number of nitrogens with zero attached hydrogens (tertiary/aromatic N) is 2. The third kappa shape index (κ3) is 4.94. The van der Waals surface area contributed by atoms with E-state index in [-0.39, 0.29) is 0 Å². The average molecular weight is 241 g/mol. The summed E-state index contributed by atoms with van der Waals surface area (Å²) in [6, 6.07) is 0.719. The molecule has 102 valence electrons. The van der Waals surface area contributed by atoms with Crippen molar-refractivity contribution < 1.29 is 0 Å². The molecule has 1 atom stereocenters. The molecule has 1 aliphatic heterocycles. The van der Waals surface area contributed by atoms with Gasteiger partial charge in [0.2, 0.25) is 0 Å². The third-order valence-corrected chi connectivity index (χ3v) is 4.14. The first-order valence-corrected chi connectivity index (χ1v) is 7.15.